The van der Waals surface area contributed by atoms with Crippen molar-refractivity contribution < 1.29 is 19.0 Å². The molecule has 7 heteroatoms. The fourth-order valence-electron chi connectivity index (χ4n) is 2.41. The minimum absolute atomic E-state index is 0.287. The summed E-state index contributed by atoms with van der Waals surface area (Å²) >= 11 is 5.40. The first-order valence-corrected chi connectivity index (χ1v) is 8.30. The second-order valence-corrected chi connectivity index (χ2v) is 6.05. The van der Waals surface area contributed by atoms with E-state index in [2.05, 4.69) is 10.6 Å². The number of anilines is 2. The molecule has 0 aliphatic rings. The van der Waals surface area contributed by atoms with Crippen molar-refractivity contribution in [2.75, 3.05) is 32.0 Å². The summed E-state index contributed by atoms with van der Waals surface area (Å²) < 4.78 is 15.4. The summed E-state index contributed by atoms with van der Waals surface area (Å²) in [7, 11) is 4.33. The zero-order valence-electron chi connectivity index (χ0n) is 15.4. The highest BCUT2D eigenvalue weighted by molar-refractivity contribution is 7.80. The molecule has 0 saturated heterocycles. The maximum absolute atomic E-state index is 12.1. The number of carbonyl (C=O) groups is 1. The molecule has 138 valence electrons. The summed E-state index contributed by atoms with van der Waals surface area (Å²) in [5.74, 6) is 0.382. The molecule has 2 rings (SSSR count). The second kappa shape index (κ2) is 8.53. The fraction of sp³-hybridized carbons (Fsp3) is 0.263. The van der Waals surface area contributed by atoms with Crippen LogP contribution in [0.5, 0.6) is 11.5 Å². The van der Waals surface area contributed by atoms with Gasteiger partial charge < -0.3 is 24.8 Å². The van der Waals surface area contributed by atoms with E-state index in [-0.39, 0.29) is 5.56 Å². The van der Waals surface area contributed by atoms with Crippen LogP contribution >= 0.6 is 12.2 Å². The summed E-state index contributed by atoms with van der Waals surface area (Å²) in [5.41, 5.74) is 3.80. The highest BCUT2D eigenvalue weighted by Crippen LogP contribution is 2.34. The van der Waals surface area contributed by atoms with Crippen molar-refractivity contribution in [1.82, 2.24) is 0 Å². The molecule has 0 aromatic heterocycles. The molecule has 0 amide bonds. The number of methoxy groups -OCH3 is 3. The minimum atomic E-state index is -0.511. The molecule has 0 aliphatic carbocycles. The van der Waals surface area contributed by atoms with Crippen LogP contribution in [0.2, 0.25) is 0 Å². The smallest absolute Gasteiger partial charge is 0.340 e. The third kappa shape index (κ3) is 4.43. The number of hydrogen-bond donors (Lipinski definition) is 2. The lowest BCUT2D eigenvalue weighted by Gasteiger charge is -2.17. The number of aryl methyl sites for hydroxylation is 2. The molecule has 2 aromatic rings. The molecule has 0 unspecified atom stereocenters. The van der Waals surface area contributed by atoms with E-state index in [4.69, 9.17) is 26.4 Å². The first-order chi connectivity index (χ1) is 12.4. The monoisotopic (exact) mass is 374 g/mol. The number of hydrogen-bond acceptors (Lipinski definition) is 5. The van der Waals surface area contributed by atoms with Gasteiger partial charge in [-0.15, -0.1) is 0 Å². The predicted molar refractivity (Wildman–Crippen MR) is 107 cm³/mol. The molecule has 0 saturated carbocycles. The first kappa shape index (κ1) is 19.5. The van der Waals surface area contributed by atoms with Crippen molar-refractivity contribution in [1.29, 1.82) is 0 Å². The van der Waals surface area contributed by atoms with Gasteiger partial charge in [0.2, 0.25) is 0 Å². The molecule has 0 spiro atoms. The fourth-order valence-corrected chi connectivity index (χ4v) is 2.63. The van der Waals surface area contributed by atoms with Crippen LogP contribution < -0.4 is 20.1 Å². The van der Waals surface area contributed by atoms with Gasteiger partial charge in [-0.3, -0.25) is 0 Å². The number of esters is 1. The third-order valence-corrected chi connectivity index (χ3v) is 4.02. The summed E-state index contributed by atoms with van der Waals surface area (Å²) in [6.07, 6.45) is 0. The average Bonchev–Trinajstić information content (AvgIpc) is 2.63. The van der Waals surface area contributed by atoms with Crippen LogP contribution in [0.3, 0.4) is 0 Å². The summed E-state index contributed by atoms with van der Waals surface area (Å²) in [5, 5.41) is 6.52. The normalized spacial score (nSPS) is 10.0. The zero-order valence-corrected chi connectivity index (χ0v) is 16.2. The topological polar surface area (TPSA) is 68.8 Å². The molecular weight excluding hydrogens is 352 g/mol. The molecular formula is C19H22N2O4S. The SMILES string of the molecule is COC(=O)c1cc(OC)c(OC)cc1NC(=S)Nc1cc(C)ccc1C. The molecule has 0 atom stereocenters. The Morgan fingerprint density at radius 1 is 0.923 bits per heavy atom. The largest absolute Gasteiger partial charge is 0.493 e. The lowest BCUT2D eigenvalue weighted by molar-refractivity contribution is 0.0601. The van der Waals surface area contributed by atoms with E-state index in [9.17, 15) is 4.79 Å². The standard InChI is InChI=1S/C19H22N2O4S/c1-11-6-7-12(2)14(8-11)20-19(26)21-15-10-17(24-4)16(23-3)9-13(15)18(22)25-5/h6-10H,1-5H3,(H2,20,21,26). The van der Waals surface area contributed by atoms with Gasteiger partial charge in [0, 0.05) is 17.8 Å². The van der Waals surface area contributed by atoms with Crippen molar-refractivity contribution in [3.63, 3.8) is 0 Å². The maximum atomic E-state index is 12.1. The van der Waals surface area contributed by atoms with Crippen molar-refractivity contribution in [2.24, 2.45) is 0 Å². The Hall–Kier alpha value is -2.80. The van der Waals surface area contributed by atoms with Crippen molar-refractivity contribution in [2.45, 2.75) is 13.8 Å². The third-order valence-electron chi connectivity index (χ3n) is 3.82. The highest BCUT2D eigenvalue weighted by Gasteiger charge is 2.18. The van der Waals surface area contributed by atoms with Crippen LogP contribution in [0.25, 0.3) is 0 Å². The number of rotatable bonds is 5. The molecule has 2 aromatic carbocycles. The van der Waals surface area contributed by atoms with Crippen molar-refractivity contribution >= 4 is 34.7 Å². The number of nitrogens with one attached hydrogen (secondary N) is 2. The van der Waals surface area contributed by atoms with E-state index in [0.717, 1.165) is 16.8 Å². The summed E-state index contributed by atoms with van der Waals surface area (Å²) in [4.78, 5) is 12.1. The quantitative estimate of drug-likeness (QED) is 0.607. The second-order valence-electron chi connectivity index (χ2n) is 5.64. The van der Waals surface area contributed by atoms with E-state index in [1.807, 2.05) is 32.0 Å². The Morgan fingerprint density at radius 3 is 2.15 bits per heavy atom. The molecule has 0 bridgehead atoms. The van der Waals surface area contributed by atoms with Crippen LogP contribution in [0, 0.1) is 13.8 Å². The van der Waals surface area contributed by atoms with Gasteiger partial charge in [-0.05, 0) is 43.3 Å². The Balaban J connectivity index is 2.33. The lowest BCUT2D eigenvalue weighted by atomic mass is 10.1. The van der Waals surface area contributed by atoms with Gasteiger partial charge >= 0.3 is 5.97 Å². The van der Waals surface area contributed by atoms with Gasteiger partial charge in [-0.2, -0.15) is 0 Å². The Labute approximate surface area is 158 Å². The zero-order chi connectivity index (χ0) is 19.3. The molecule has 26 heavy (non-hydrogen) atoms. The highest BCUT2D eigenvalue weighted by atomic mass is 32.1. The average molecular weight is 374 g/mol. The predicted octanol–water partition coefficient (Wildman–Crippen LogP) is 3.92. The van der Waals surface area contributed by atoms with Gasteiger partial charge in [0.15, 0.2) is 16.6 Å². The van der Waals surface area contributed by atoms with Crippen molar-refractivity contribution in [3.8, 4) is 11.5 Å². The molecule has 6 nitrogen and oxygen atoms in total. The Morgan fingerprint density at radius 2 is 1.54 bits per heavy atom. The van der Waals surface area contributed by atoms with Crippen LogP contribution in [0.1, 0.15) is 21.5 Å². The van der Waals surface area contributed by atoms with Crippen molar-refractivity contribution in [3.05, 3.63) is 47.0 Å². The molecule has 0 heterocycles. The van der Waals surface area contributed by atoms with E-state index < -0.39 is 5.97 Å². The van der Waals surface area contributed by atoms with Crippen LogP contribution in [-0.2, 0) is 4.74 Å². The van der Waals surface area contributed by atoms with E-state index in [1.54, 1.807) is 12.1 Å². The summed E-state index contributed by atoms with van der Waals surface area (Å²) in [6, 6.07) is 9.23. The van der Waals surface area contributed by atoms with Crippen LogP contribution in [0.15, 0.2) is 30.3 Å². The van der Waals surface area contributed by atoms with Gasteiger partial charge in [-0.25, -0.2) is 4.79 Å². The summed E-state index contributed by atoms with van der Waals surface area (Å²) in [6.45, 7) is 3.99. The van der Waals surface area contributed by atoms with Gasteiger partial charge in [-0.1, -0.05) is 12.1 Å². The maximum Gasteiger partial charge on any atom is 0.340 e. The number of ether oxygens (including phenoxy) is 3. The Kier molecular flexibility index (Phi) is 6.41. The molecule has 0 aliphatic heterocycles. The number of thiocarbonyl (C=S) groups is 1. The van der Waals surface area contributed by atoms with Gasteiger partial charge in [0.05, 0.1) is 32.6 Å². The minimum Gasteiger partial charge on any atom is -0.493 e. The Bertz CT molecular complexity index is 837. The van der Waals surface area contributed by atoms with E-state index in [0.29, 0.717) is 22.3 Å². The van der Waals surface area contributed by atoms with Crippen LogP contribution in [0.4, 0.5) is 11.4 Å². The number of carbonyl (C=O) groups excluding carboxylic acids is 1. The van der Waals surface area contributed by atoms with Crippen LogP contribution in [-0.4, -0.2) is 32.4 Å². The number of benzene rings is 2. The van der Waals surface area contributed by atoms with E-state index in [1.165, 1.54) is 21.3 Å². The molecule has 0 fully saturated rings. The molecule has 2 N–H and O–H groups in total. The molecule has 0 radical (unpaired) electrons. The lowest BCUT2D eigenvalue weighted by Crippen LogP contribution is -2.21. The first-order valence-electron chi connectivity index (χ1n) is 7.89. The van der Waals surface area contributed by atoms with Gasteiger partial charge in [0.25, 0.3) is 0 Å². The van der Waals surface area contributed by atoms with Gasteiger partial charge in [0.1, 0.15) is 0 Å². The van der Waals surface area contributed by atoms with E-state index >= 15 is 0 Å².